The number of benzene rings is 2. The van der Waals surface area contributed by atoms with Gasteiger partial charge in [0, 0.05) is 60.8 Å². The summed E-state index contributed by atoms with van der Waals surface area (Å²) in [5, 5.41) is 11.2. The standard InChI is InChI=1S/C27H31BrN8O2S/c1-16(2)36-11-10-22-18(14-31-35(22)4)17-12-21(24(38-5)13-23(17)36)33-27-30-15-19(28)26(34-27)32-20-8-6-7-9-25(20)39(37)29-3/h6-9,12-16,29H,10-11H2,1-5H3,(H2,30,32,33,34). The number of fused-ring (bicyclic) bond motifs is 3. The van der Waals surface area contributed by atoms with E-state index in [9.17, 15) is 4.21 Å². The average molecular weight is 612 g/mol. The number of rotatable bonds is 8. The zero-order valence-electron chi connectivity index (χ0n) is 22.4. The third-order valence-corrected chi connectivity index (χ3v) is 8.41. The molecule has 3 N–H and O–H groups in total. The fourth-order valence-electron chi connectivity index (χ4n) is 4.76. The van der Waals surface area contributed by atoms with Crippen LogP contribution in [0.4, 0.5) is 28.8 Å². The monoisotopic (exact) mass is 610 g/mol. The molecule has 0 saturated heterocycles. The summed E-state index contributed by atoms with van der Waals surface area (Å²) in [4.78, 5) is 12.2. The third kappa shape index (κ3) is 5.36. The molecule has 2 aromatic carbocycles. The van der Waals surface area contributed by atoms with Crippen molar-refractivity contribution in [2.75, 3.05) is 36.2 Å². The Labute approximate surface area is 238 Å². The van der Waals surface area contributed by atoms with Gasteiger partial charge >= 0.3 is 0 Å². The molecule has 0 amide bonds. The summed E-state index contributed by atoms with van der Waals surface area (Å²) in [5.41, 5.74) is 5.89. The van der Waals surface area contributed by atoms with Gasteiger partial charge in [-0.25, -0.2) is 13.9 Å². The van der Waals surface area contributed by atoms with E-state index in [1.807, 2.05) is 36.1 Å². The smallest absolute Gasteiger partial charge is 0.229 e. The number of methoxy groups -OCH3 is 1. The SMILES string of the molecule is CNS(=O)c1ccccc1Nc1nc(Nc2cc3c(cc2OC)N(C(C)C)CCc2c-3cnn2C)ncc1Br. The van der Waals surface area contributed by atoms with Gasteiger partial charge in [-0.05, 0) is 55.0 Å². The first-order chi connectivity index (χ1) is 18.8. The molecule has 0 saturated carbocycles. The maximum Gasteiger partial charge on any atom is 0.229 e. The van der Waals surface area contributed by atoms with Crippen LogP contribution < -0.4 is 25.0 Å². The van der Waals surface area contributed by atoms with Gasteiger partial charge in [-0.3, -0.25) is 4.68 Å². The molecule has 4 aromatic rings. The molecule has 2 aromatic heterocycles. The molecule has 39 heavy (non-hydrogen) atoms. The Morgan fingerprint density at radius 2 is 1.90 bits per heavy atom. The summed E-state index contributed by atoms with van der Waals surface area (Å²) in [7, 11) is 3.93. The maximum absolute atomic E-state index is 12.5. The molecule has 0 aliphatic carbocycles. The van der Waals surface area contributed by atoms with Crippen molar-refractivity contribution in [3.63, 3.8) is 0 Å². The van der Waals surface area contributed by atoms with Crippen LogP contribution in [0.2, 0.25) is 0 Å². The van der Waals surface area contributed by atoms with E-state index in [2.05, 4.69) is 72.2 Å². The number of hydrogen-bond acceptors (Lipinski definition) is 8. The highest BCUT2D eigenvalue weighted by Crippen LogP contribution is 2.43. The van der Waals surface area contributed by atoms with Crippen molar-refractivity contribution in [3.8, 4) is 16.9 Å². The van der Waals surface area contributed by atoms with E-state index < -0.39 is 11.0 Å². The van der Waals surface area contributed by atoms with Gasteiger partial charge < -0.3 is 20.3 Å². The van der Waals surface area contributed by atoms with Crippen molar-refractivity contribution in [2.45, 2.75) is 31.2 Å². The number of ether oxygens (including phenoxy) is 1. The van der Waals surface area contributed by atoms with Crippen molar-refractivity contribution >= 4 is 55.7 Å². The van der Waals surface area contributed by atoms with E-state index in [0.717, 1.165) is 35.5 Å². The first-order valence-corrected chi connectivity index (χ1v) is 14.5. The quantitative estimate of drug-likeness (QED) is 0.251. The number of hydrogen-bond donors (Lipinski definition) is 3. The summed E-state index contributed by atoms with van der Waals surface area (Å²) < 4.78 is 23.7. The second kappa shape index (κ2) is 11.3. The first-order valence-electron chi connectivity index (χ1n) is 12.5. The summed E-state index contributed by atoms with van der Waals surface area (Å²) in [6, 6.07) is 11.8. The lowest BCUT2D eigenvalue weighted by molar-refractivity contribution is 0.416. The average Bonchev–Trinajstić information content (AvgIpc) is 3.21. The van der Waals surface area contributed by atoms with Crippen LogP contribution in [0.25, 0.3) is 11.1 Å². The highest BCUT2D eigenvalue weighted by atomic mass is 79.9. The minimum atomic E-state index is -1.36. The van der Waals surface area contributed by atoms with Crippen LogP contribution in [0.1, 0.15) is 19.5 Å². The summed E-state index contributed by atoms with van der Waals surface area (Å²) in [6.45, 7) is 5.29. The number of nitrogens with zero attached hydrogens (tertiary/aromatic N) is 5. The molecule has 0 bridgehead atoms. The van der Waals surface area contributed by atoms with E-state index in [1.165, 1.54) is 5.69 Å². The van der Waals surface area contributed by atoms with Crippen LogP contribution >= 0.6 is 15.9 Å². The summed E-state index contributed by atoms with van der Waals surface area (Å²) in [5.74, 6) is 1.59. The van der Waals surface area contributed by atoms with Crippen molar-refractivity contribution < 1.29 is 8.95 Å². The molecule has 0 fully saturated rings. The van der Waals surface area contributed by atoms with Gasteiger partial charge in [0.25, 0.3) is 0 Å². The molecule has 0 spiro atoms. The van der Waals surface area contributed by atoms with Gasteiger partial charge in [-0.1, -0.05) is 12.1 Å². The number of anilines is 5. The van der Waals surface area contributed by atoms with E-state index >= 15 is 0 Å². The van der Waals surface area contributed by atoms with Gasteiger partial charge in [0.05, 0.1) is 34.0 Å². The normalized spacial score (nSPS) is 13.5. The molecular weight excluding hydrogens is 580 g/mol. The summed E-state index contributed by atoms with van der Waals surface area (Å²) >= 11 is 3.53. The molecule has 12 heteroatoms. The molecule has 5 rings (SSSR count). The van der Waals surface area contributed by atoms with Crippen LogP contribution in [0.3, 0.4) is 0 Å². The predicted molar refractivity (Wildman–Crippen MR) is 160 cm³/mol. The van der Waals surface area contributed by atoms with Crippen LogP contribution in [0, 0.1) is 0 Å². The van der Waals surface area contributed by atoms with Crippen LogP contribution in [0.5, 0.6) is 5.75 Å². The van der Waals surface area contributed by atoms with Crippen molar-refractivity contribution in [1.82, 2.24) is 24.5 Å². The zero-order chi connectivity index (χ0) is 27.7. The van der Waals surface area contributed by atoms with E-state index in [0.29, 0.717) is 38.6 Å². The topological polar surface area (TPSA) is 109 Å². The van der Waals surface area contributed by atoms with Crippen LogP contribution in [-0.2, 0) is 24.5 Å². The van der Waals surface area contributed by atoms with Crippen molar-refractivity contribution in [3.05, 3.63) is 59.0 Å². The molecule has 1 atom stereocenters. The lowest BCUT2D eigenvalue weighted by Gasteiger charge is -2.30. The number of halogens is 1. The van der Waals surface area contributed by atoms with Gasteiger partial charge in [0.2, 0.25) is 5.95 Å². The van der Waals surface area contributed by atoms with Crippen LogP contribution in [0.15, 0.2) is 58.2 Å². The van der Waals surface area contributed by atoms with Gasteiger partial charge in [-0.2, -0.15) is 10.1 Å². The Bertz CT molecular complexity index is 1540. The lowest BCUT2D eigenvalue weighted by atomic mass is 10.0. The number of aromatic nitrogens is 4. The Morgan fingerprint density at radius 3 is 2.64 bits per heavy atom. The first kappa shape index (κ1) is 27.1. The van der Waals surface area contributed by atoms with Crippen molar-refractivity contribution in [2.24, 2.45) is 7.05 Å². The fourth-order valence-corrected chi connectivity index (χ4v) is 5.79. The van der Waals surface area contributed by atoms with Gasteiger partial charge in [0.15, 0.2) is 0 Å². The van der Waals surface area contributed by atoms with Crippen molar-refractivity contribution in [1.29, 1.82) is 0 Å². The molecule has 0 radical (unpaired) electrons. The zero-order valence-corrected chi connectivity index (χ0v) is 24.9. The Kier molecular flexibility index (Phi) is 7.87. The summed E-state index contributed by atoms with van der Waals surface area (Å²) in [6.07, 6.45) is 4.50. The van der Waals surface area contributed by atoms with E-state index in [4.69, 9.17) is 9.72 Å². The van der Waals surface area contributed by atoms with E-state index in [-0.39, 0.29) is 0 Å². The minimum Gasteiger partial charge on any atom is -0.494 e. The Morgan fingerprint density at radius 1 is 1.10 bits per heavy atom. The highest BCUT2D eigenvalue weighted by molar-refractivity contribution is 9.10. The number of aryl methyl sites for hydroxylation is 1. The van der Waals surface area contributed by atoms with Crippen LogP contribution in [-0.4, -0.2) is 50.7 Å². The van der Waals surface area contributed by atoms with Gasteiger partial charge in [-0.15, -0.1) is 0 Å². The fraction of sp³-hybridized carbons (Fsp3) is 0.296. The predicted octanol–water partition coefficient (Wildman–Crippen LogP) is 5.15. The lowest BCUT2D eigenvalue weighted by Crippen LogP contribution is -2.32. The number of para-hydroxylation sites is 1. The molecule has 10 nitrogen and oxygen atoms in total. The largest absolute Gasteiger partial charge is 0.494 e. The maximum atomic E-state index is 12.5. The van der Waals surface area contributed by atoms with Gasteiger partial charge in [0.1, 0.15) is 22.6 Å². The second-order valence-electron chi connectivity index (χ2n) is 9.34. The highest BCUT2D eigenvalue weighted by Gasteiger charge is 2.26. The minimum absolute atomic E-state index is 0.318. The Hall–Kier alpha value is -3.48. The Balaban J connectivity index is 1.54. The molecule has 1 aliphatic rings. The molecule has 204 valence electrons. The molecule has 1 unspecified atom stereocenters. The molecule has 1 aliphatic heterocycles. The third-order valence-electron chi connectivity index (χ3n) is 6.71. The molecule has 3 heterocycles. The second-order valence-corrected chi connectivity index (χ2v) is 11.6. The van der Waals surface area contributed by atoms with E-state index in [1.54, 1.807) is 26.4 Å². The number of nitrogens with one attached hydrogen (secondary N) is 3. The molecular formula is C27H31BrN8O2S.